The predicted molar refractivity (Wildman–Crippen MR) is 112 cm³/mol. The van der Waals surface area contributed by atoms with E-state index in [2.05, 4.69) is 11.1 Å². The summed E-state index contributed by atoms with van der Waals surface area (Å²) in [6, 6.07) is 0. The van der Waals surface area contributed by atoms with E-state index in [0.29, 0.717) is 6.42 Å². The first-order valence-corrected chi connectivity index (χ1v) is 12.6. The first-order chi connectivity index (χ1) is 13.7. The van der Waals surface area contributed by atoms with Gasteiger partial charge in [-0.05, 0) is 12.8 Å². The van der Waals surface area contributed by atoms with Crippen LogP contribution in [0, 0.1) is 0 Å². The van der Waals surface area contributed by atoms with Crippen LogP contribution in [0.5, 0.6) is 0 Å². The summed E-state index contributed by atoms with van der Waals surface area (Å²) in [6.07, 6.45) is 18.8. The van der Waals surface area contributed by atoms with Crippen LogP contribution in [-0.2, 0) is 19.4 Å². The first-order valence-electron chi connectivity index (χ1n) is 11.3. The van der Waals surface area contributed by atoms with E-state index in [0.717, 1.165) is 25.7 Å². The minimum atomic E-state index is -5.25. The van der Waals surface area contributed by atoms with Crippen LogP contribution in [0.15, 0.2) is 0 Å². The van der Waals surface area contributed by atoms with Gasteiger partial charge in [0.05, 0.1) is 6.61 Å². The van der Waals surface area contributed by atoms with E-state index in [-0.39, 0.29) is 36.0 Å². The van der Waals surface area contributed by atoms with Crippen molar-refractivity contribution >= 4 is 16.4 Å². The zero-order valence-electron chi connectivity index (χ0n) is 19.1. The second-order valence-corrected chi connectivity index (χ2v) is 9.01. The quantitative estimate of drug-likeness (QED) is 0.122. The summed E-state index contributed by atoms with van der Waals surface area (Å²) >= 11 is 0. The Balaban J connectivity index is 0. The molecule has 1 unspecified atom stereocenters. The van der Waals surface area contributed by atoms with Gasteiger partial charge in [-0.3, -0.25) is 0 Å². The van der Waals surface area contributed by atoms with Gasteiger partial charge in [-0.1, -0.05) is 103 Å². The van der Waals surface area contributed by atoms with Gasteiger partial charge >= 0.3 is 35.5 Å². The Bertz CT molecular complexity index is 513. The van der Waals surface area contributed by atoms with Gasteiger partial charge in [0.25, 0.3) is 10.4 Å². The van der Waals surface area contributed by atoms with Crippen molar-refractivity contribution < 1.29 is 61.7 Å². The van der Waals surface area contributed by atoms with Crippen LogP contribution in [0.3, 0.4) is 0 Å². The average Bonchev–Trinajstić information content (AvgIpc) is 2.66. The molecule has 0 heterocycles. The molecule has 0 bridgehead atoms. The number of aliphatic hydroxyl groups excluding tert-OH is 1. The maximum atomic E-state index is 11.5. The van der Waals surface area contributed by atoms with E-state index in [1.807, 2.05) is 0 Å². The molecule has 9 heteroatoms. The van der Waals surface area contributed by atoms with Crippen molar-refractivity contribution in [3.8, 4) is 0 Å². The molecule has 0 aliphatic rings. The van der Waals surface area contributed by atoms with Crippen LogP contribution in [0.1, 0.15) is 116 Å². The summed E-state index contributed by atoms with van der Waals surface area (Å²) in [6.45, 7) is 1.25. The van der Waals surface area contributed by atoms with E-state index < -0.39 is 28.6 Å². The predicted octanol–water partition coefficient (Wildman–Crippen LogP) is 1.37. The number of hydrogen-bond acceptors (Lipinski definition) is 7. The Kier molecular flexibility index (Phi) is 21.6. The number of aliphatic hydroxyl groups is 2. The minimum absolute atomic E-state index is 0. The number of carbonyl (C=O) groups is 1. The third-order valence-corrected chi connectivity index (χ3v) is 5.62. The monoisotopic (exact) mass is 460 g/mol. The van der Waals surface area contributed by atoms with E-state index in [9.17, 15) is 22.9 Å². The fourth-order valence-corrected chi connectivity index (χ4v) is 3.72. The zero-order chi connectivity index (χ0) is 22.0. The molecule has 0 saturated carbocycles. The fourth-order valence-electron chi connectivity index (χ4n) is 3.38. The zero-order valence-corrected chi connectivity index (χ0v) is 21.9. The van der Waals surface area contributed by atoms with Gasteiger partial charge in [0, 0.05) is 0 Å². The smallest absolute Gasteiger partial charge is 0.716 e. The molecular weight excluding hydrogens is 419 g/mol. The van der Waals surface area contributed by atoms with Crippen molar-refractivity contribution in [3.05, 3.63) is 0 Å². The molecule has 0 aromatic carbocycles. The number of rotatable bonds is 20. The van der Waals surface area contributed by atoms with E-state index >= 15 is 0 Å². The molecular formula is C21H41NaO7S. The second-order valence-electron chi connectivity index (χ2n) is 8.02. The maximum Gasteiger partial charge on any atom is 1.00 e. The average molecular weight is 461 g/mol. The molecule has 0 amide bonds. The molecule has 2 N–H and O–H groups in total. The summed E-state index contributed by atoms with van der Waals surface area (Å²) < 4.78 is 34.9. The van der Waals surface area contributed by atoms with Gasteiger partial charge in [0.2, 0.25) is 0 Å². The van der Waals surface area contributed by atoms with E-state index in [4.69, 9.17) is 5.11 Å². The van der Waals surface area contributed by atoms with Crippen molar-refractivity contribution in [2.24, 2.45) is 0 Å². The van der Waals surface area contributed by atoms with Crippen molar-refractivity contribution in [3.63, 3.8) is 0 Å². The van der Waals surface area contributed by atoms with Crippen molar-refractivity contribution in [2.45, 2.75) is 122 Å². The van der Waals surface area contributed by atoms with Gasteiger partial charge in [-0.15, -0.1) is 0 Å². The van der Waals surface area contributed by atoms with Crippen molar-refractivity contribution in [1.82, 2.24) is 0 Å². The minimum Gasteiger partial charge on any atom is -0.716 e. The summed E-state index contributed by atoms with van der Waals surface area (Å²) in [5.41, 5.74) is -2.34. The summed E-state index contributed by atoms with van der Waals surface area (Å²) in [5.74, 6) is -1.61. The number of unbranched alkanes of at least 4 members (excludes halogenated alkanes) is 15. The molecule has 0 rings (SSSR count). The van der Waals surface area contributed by atoms with Crippen LogP contribution in [0.2, 0.25) is 0 Å². The summed E-state index contributed by atoms with van der Waals surface area (Å²) in [7, 11) is -5.25. The third-order valence-electron chi connectivity index (χ3n) is 5.26. The molecule has 0 aromatic rings. The Morgan fingerprint density at radius 3 is 1.43 bits per heavy atom. The van der Waals surface area contributed by atoms with E-state index in [1.54, 1.807) is 0 Å². The molecule has 174 valence electrons. The number of carbonyl (C=O) groups excluding carboxylic acids is 1. The van der Waals surface area contributed by atoms with Crippen LogP contribution in [0.4, 0.5) is 0 Å². The number of hydrogen-bond donors (Lipinski definition) is 2. The van der Waals surface area contributed by atoms with Crippen molar-refractivity contribution in [1.29, 1.82) is 0 Å². The van der Waals surface area contributed by atoms with Crippen LogP contribution in [0.25, 0.3) is 0 Å². The van der Waals surface area contributed by atoms with Crippen LogP contribution in [-0.4, -0.2) is 41.4 Å². The summed E-state index contributed by atoms with van der Waals surface area (Å²) in [5, 5.41) is 19.1. The van der Waals surface area contributed by atoms with Crippen LogP contribution < -0.4 is 29.6 Å². The Morgan fingerprint density at radius 2 is 1.13 bits per heavy atom. The van der Waals surface area contributed by atoms with Gasteiger partial charge < -0.3 is 18.9 Å². The molecule has 0 radical (unpaired) electrons. The Hall–Kier alpha value is 0.300. The molecule has 0 aliphatic carbocycles. The van der Waals surface area contributed by atoms with Crippen molar-refractivity contribution in [2.75, 3.05) is 6.61 Å². The van der Waals surface area contributed by atoms with Gasteiger partial charge in [-0.2, -0.15) is 0 Å². The van der Waals surface area contributed by atoms with Gasteiger partial charge in [0.15, 0.2) is 5.60 Å². The first kappa shape index (κ1) is 32.5. The summed E-state index contributed by atoms with van der Waals surface area (Å²) in [4.78, 5) is 11.5. The molecule has 0 aliphatic heterocycles. The molecule has 30 heavy (non-hydrogen) atoms. The second kappa shape index (κ2) is 19.9. The maximum absolute atomic E-state index is 11.5. The standard InChI is InChI=1S/C21H42O7S.Na/c1-2-3-4-5-6-7-8-9-10-11-12-13-14-15-16-17-18-21(24,19-22)20(23)28-29(25,26)27;/h22,24H,2-19H2,1H3,(H,25,26,27);/q;+1/p-1. The van der Waals surface area contributed by atoms with Gasteiger partial charge in [0.1, 0.15) is 0 Å². The molecule has 1 atom stereocenters. The largest absolute Gasteiger partial charge is 1.00 e. The van der Waals surface area contributed by atoms with Gasteiger partial charge in [-0.25, -0.2) is 13.2 Å². The molecule has 0 aromatic heterocycles. The normalized spacial score (nSPS) is 13.5. The Morgan fingerprint density at radius 1 is 0.800 bits per heavy atom. The van der Waals surface area contributed by atoms with E-state index in [1.165, 1.54) is 70.6 Å². The van der Waals surface area contributed by atoms with Crippen LogP contribution >= 0.6 is 0 Å². The fraction of sp³-hybridized carbons (Fsp3) is 0.952. The topological polar surface area (TPSA) is 124 Å². The molecule has 7 nitrogen and oxygen atoms in total. The molecule has 0 spiro atoms. The SMILES string of the molecule is CCCCCCCCCCCCCCCCCCC(O)(CO)C(=O)OS(=O)(=O)[O-].[Na+]. The molecule has 0 saturated heterocycles. The third kappa shape index (κ3) is 19.0. The Labute approximate surface area is 205 Å². The molecule has 0 fully saturated rings.